The van der Waals surface area contributed by atoms with E-state index in [4.69, 9.17) is 15.3 Å². The maximum atomic E-state index is 12.7. The van der Waals surface area contributed by atoms with Crippen molar-refractivity contribution in [2.24, 2.45) is 5.16 Å². The van der Waals surface area contributed by atoms with Crippen molar-refractivity contribution in [2.75, 3.05) is 25.2 Å². The first kappa shape index (κ1) is 21.9. The summed E-state index contributed by atoms with van der Waals surface area (Å²) < 4.78 is 5.26. The summed E-state index contributed by atoms with van der Waals surface area (Å²) in [6.07, 6.45) is 0. The van der Waals surface area contributed by atoms with Gasteiger partial charge in [-0.1, -0.05) is 0 Å². The molecular weight excluding hydrogens is 485 g/mol. The van der Waals surface area contributed by atoms with Gasteiger partial charge >= 0.3 is 168 Å². The average Bonchev–Trinajstić information content (AvgIpc) is 3.13. The van der Waals surface area contributed by atoms with Gasteiger partial charge in [-0.2, -0.15) is 0 Å². The number of amides is 2. The van der Waals surface area contributed by atoms with Crippen LogP contribution in [0.15, 0.2) is 21.4 Å². The molecule has 12 nitrogen and oxygen atoms in total. The Balaban J connectivity index is 1.77. The second kappa shape index (κ2) is 8.90. The number of nitrogens with two attached hydrogens (primary N) is 1. The summed E-state index contributed by atoms with van der Waals surface area (Å²) in [5, 5.41) is 15.2. The van der Waals surface area contributed by atoms with Crippen LogP contribution < -0.4 is 11.1 Å². The molecule has 0 radical (unpaired) electrons. The number of nitrogens with one attached hydrogen (secondary N) is 1. The summed E-state index contributed by atoms with van der Waals surface area (Å²) in [4.78, 5) is 59.6. The van der Waals surface area contributed by atoms with Crippen molar-refractivity contribution >= 4 is 60.4 Å². The molecule has 0 aromatic carbocycles. The minimum atomic E-state index is -1.31. The van der Waals surface area contributed by atoms with Crippen molar-refractivity contribution in [1.82, 2.24) is 15.2 Å². The van der Waals surface area contributed by atoms with Crippen LogP contribution in [-0.4, -0.2) is 89.8 Å². The molecular formula is C16H17N5O7SSe. The van der Waals surface area contributed by atoms with Crippen LogP contribution in [0.3, 0.4) is 0 Å². The number of anilines is 1. The molecule has 1 aromatic heterocycles. The molecule has 2 aliphatic rings. The predicted molar refractivity (Wildman–Crippen MR) is 105 cm³/mol. The quantitative estimate of drug-likeness (QED) is 0.129. The number of esters is 1. The molecule has 3 heterocycles. The van der Waals surface area contributed by atoms with Crippen LogP contribution in [0.2, 0.25) is 0 Å². The number of nitrogens with zero attached hydrogens (tertiary/aromatic N) is 3. The van der Waals surface area contributed by atoms with Gasteiger partial charge in [0.25, 0.3) is 0 Å². The van der Waals surface area contributed by atoms with Gasteiger partial charge in [0.2, 0.25) is 0 Å². The molecule has 1 fully saturated rings. The fraction of sp³-hybridized carbons (Fsp3) is 0.375. The van der Waals surface area contributed by atoms with Crippen molar-refractivity contribution in [3.05, 3.63) is 21.9 Å². The summed E-state index contributed by atoms with van der Waals surface area (Å²) in [5.74, 6) is -2.94. The molecule has 0 saturated carbocycles. The molecule has 2 aliphatic heterocycles. The van der Waals surface area contributed by atoms with Gasteiger partial charge in [-0.3, -0.25) is 4.79 Å². The fourth-order valence-corrected chi connectivity index (χ4v) is 5.36. The zero-order chi connectivity index (χ0) is 22.0. The molecule has 4 N–H and O–H groups in total. The van der Waals surface area contributed by atoms with Crippen LogP contribution in [0.5, 0.6) is 0 Å². The molecule has 2 amide bonds. The van der Waals surface area contributed by atoms with E-state index in [9.17, 15) is 24.3 Å². The van der Waals surface area contributed by atoms with E-state index >= 15 is 0 Å². The number of fused-ring (bicyclic) bond motifs is 1. The summed E-state index contributed by atoms with van der Waals surface area (Å²) in [6.45, 7) is 0.981. The van der Waals surface area contributed by atoms with Gasteiger partial charge in [-0.25, -0.2) is 0 Å². The number of oxime groups is 1. The van der Waals surface area contributed by atoms with Gasteiger partial charge in [-0.15, -0.1) is 0 Å². The van der Waals surface area contributed by atoms with E-state index in [2.05, 4.69) is 15.5 Å². The molecule has 30 heavy (non-hydrogen) atoms. The number of nitrogen functional groups attached to an aromatic ring is 1. The summed E-state index contributed by atoms with van der Waals surface area (Å²) in [6, 6.07) is -0.956. The monoisotopic (exact) mass is 503 g/mol. The maximum absolute atomic E-state index is 12.7. The Kier molecular flexibility index (Phi) is 6.48. The van der Waals surface area contributed by atoms with Gasteiger partial charge in [0.15, 0.2) is 0 Å². The van der Waals surface area contributed by atoms with Crippen LogP contribution >= 0.6 is 11.8 Å². The summed E-state index contributed by atoms with van der Waals surface area (Å²) in [7, 11) is 1.27. The third-order valence-corrected chi connectivity index (χ3v) is 6.90. The zero-order valence-electron chi connectivity index (χ0n) is 15.8. The minimum absolute atomic E-state index is 0.128. The molecule has 2 unspecified atom stereocenters. The van der Waals surface area contributed by atoms with E-state index in [1.807, 2.05) is 0 Å². The van der Waals surface area contributed by atoms with Crippen LogP contribution in [0, 0.1) is 0 Å². The second-order valence-corrected chi connectivity index (χ2v) is 9.06. The normalized spacial score (nSPS) is 20.9. The number of carbonyl (C=O) groups excluding carboxylic acids is 3. The Morgan fingerprint density at radius 3 is 2.80 bits per heavy atom. The molecule has 160 valence electrons. The van der Waals surface area contributed by atoms with Gasteiger partial charge in [0, 0.05) is 6.92 Å². The summed E-state index contributed by atoms with van der Waals surface area (Å²) >= 11 is 1.05. The topological polar surface area (TPSA) is 174 Å². The number of β-lactam (4-membered cyclic amide) rings is 1. The van der Waals surface area contributed by atoms with Gasteiger partial charge in [0.1, 0.15) is 0 Å². The first-order valence-corrected chi connectivity index (χ1v) is 11.3. The molecule has 1 saturated heterocycles. The van der Waals surface area contributed by atoms with Crippen molar-refractivity contribution in [3.63, 3.8) is 0 Å². The first-order valence-electron chi connectivity index (χ1n) is 8.41. The number of aliphatic carboxylic acids is 1. The Hall–Kier alpha value is -2.83. The number of thioether (sulfide) groups is 1. The van der Waals surface area contributed by atoms with Crippen LogP contribution in [0.25, 0.3) is 0 Å². The van der Waals surface area contributed by atoms with E-state index < -0.39 is 35.2 Å². The van der Waals surface area contributed by atoms with E-state index in [1.165, 1.54) is 25.8 Å². The van der Waals surface area contributed by atoms with Gasteiger partial charge in [-0.05, 0) is 0 Å². The van der Waals surface area contributed by atoms with E-state index in [0.29, 0.717) is 10.3 Å². The zero-order valence-corrected chi connectivity index (χ0v) is 18.3. The first-order chi connectivity index (χ1) is 14.2. The predicted octanol–water partition coefficient (Wildman–Crippen LogP) is -1.63. The van der Waals surface area contributed by atoms with E-state index in [-0.39, 0.29) is 44.0 Å². The third-order valence-electron chi connectivity index (χ3n) is 4.15. The van der Waals surface area contributed by atoms with Crippen molar-refractivity contribution in [1.29, 1.82) is 0 Å². The second-order valence-electron chi connectivity index (χ2n) is 6.09. The van der Waals surface area contributed by atoms with E-state index in [0.717, 1.165) is 4.90 Å². The number of carbonyl (C=O) groups is 4. The molecule has 1 aromatic rings. The van der Waals surface area contributed by atoms with Crippen molar-refractivity contribution in [3.8, 4) is 0 Å². The van der Waals surface area contributed by atoms with Crippen LogP contribution in [-0.2, 0) is 28.8 Å². The Labute approximate surface area is 180 Å². The van der Waals surface area contributed by atoms with Gasteiger partial charge in [0.05, 0.1) is 0 Å². The molecule has 0 aliphatic carbocycles. The molecule has 3 rings (SSSR count). The SMILES string of the molecule is CON=C(C(=O)NC1C(=O)N2C(C(=O)O)=C(COC(C)=O)CSC12)c1c[se]c(N)n1. The molecule has 0 spiro atoms. The summed E-state index contributed by atoms with van der Waals surface area (Å²) in [5.41, 5.74) is 5.84. The number of carboxylic acids is 1. The Morgan fingerprint density at radius 1 is 1.50 bits per heavy atom. The standard InChI is InChI=1S/C16H17N5O7SSe/c1-6(22)28-3-7-4-29-14-10(13(24)21(14)11(7)15(25)26)19-12(23)9(20-27-2)8-5-30-16(17)18-8/h5,10,14H,3-4H2,1-2H3,(H2,17,18)(H,19,23)(H,25,26). The fourth-order valence-electron chi connectivity index (χ4n) is 2.88. The van der Waals surface area contributed by atoms with Crippen LogP contribution in [0.1, 0.15) is 12.6 Å². The number of rotatable bonds is 7. The number of ether oxygens (including phenoxy) is 1. The van der Waals surface area contributed by atoms with Crippen LogP contribution in [0.4, 0.5) is 4.69 Å². The number of hydrogen-bond donors (Lipinski definition) is 3. The van der Waals surface area contributed by atoms with Crippen molar-refractivity contribution < 1.29 is 33.9 Å². The molecule has 14 heteroatoms. The number of carboxylic acid groups (broad SMARTS) is 1. The number of aromatic nitrogens is 1. The Morgan fingerprint density at radius 2 is 2.23 bits per heavy atom. The average molecular weight is 502 g/mol. The van der Waals surface area contributed by atoms with Crippen molar-refractivity contribution in [2.45, 2.75) is 18.3 Å². The van der Waals surface area contributed by atoms with Gasteiger partial charge < -0.3 is 0 Å². The number of hydrogen-bond acceptors (Lipinski definition) is 10. The molecule has 2 atom stereocenters. The van der Waals surface area contributed by atoms with E-state index in [1.54, 1.807) is 4.94 Å². The molecule has 0 bridgehead atoms. The Bertz CT molecular complexity index is 975. The third kappa shape index (κ3) is 4.20.